The quantitative estimate of drug-likeness (QED) is 0.199. The summed E-state index contributed by atoms with van der Waals surface area (Å²) in [5.41, 5.74) is 12.2. The third-order valence-electron chi connectivity index (χ3n) is 6.63. The number of hydrogen-bond acceptors (Lipinski definition) is 2. The Morgan fingerprint density at radius 3 is 1.38 bits per heavy atom. The van der Waals surface area contributed by atoms with Crippen LogP contribution in [0.5, 0.6) is 0 Å². The van der Waals surface area contributed by atoms with E-state index in [0.29, 0.717) is 0 Å². The van der Waals surface area contributed by atoms with Gasteiger partial charge in [-0.15, -0.1) is 0 Å². The largest absolute Gasteiger partial charge is 0.355 e. The highest BCUT2D eigenvalue weighted by atomic mass is 127. The van der Waals surface area contributed by atoms with E-state index in [1.165, 1.54) is 0 Å². The first-order valence-corrected chi connectivity index (χ1v) is 13.2. The summed E-state index contributed by atoms with van der Waals surface area (Å²) in [6.45, 7) is 0. The second-order valence-corrected chi connectivity index (χ2v) is 10.1. The Bertz CT molecular complexity index is 1740. The molecule has 0 radical (unpaired) electrons. The molecule has 0 atom stereocenters. The van der Waals surface area contributed by atoms with Crippen LogP contribution >= 0.6 is 22.6 Å². The van der Waals surface area contributed by atoms with Crippen molar-refractivity contribution in [2.24, 2.45) is 0 Å². The lowest BCUT2D eigenvalue weighted by molar-refractivity contribution is 1.25. The molecule has 4 nitrogen and oxygen atoms in total. The Hall–Kier alpha value is -4.23. The molecule has 37 heavy (non-hydrogen) atoms. The van der Waals surface area contributed by atoms with Gasteiger partial charge in [-0.2, -0.15) is 0 Å². The Morgan fingerprint density at radius 2 is 0.919 bits per heavy atom. The van der Waals surface area contributed by atoms with E-state index in [2.05, 4.69) is 136 Å². The van der Waals surface area contributed by atoms with Crippen molar-refractivity contribution in [2.45, 2.75) is 0 Å². The molecule has 0 saturated heterocycles. The number of nitrogens with zero attached hydrogens (tertiary/aromatic N) is 2. The maximum Gasteiger partial charge on any atom is 0.0793 e. The molecule has 0 saturated carbocycles. The lowest BCUT2D eigenvalue weighted by atomic mass is 10.0. The van der Waals surface area contributed by atoms with Gasteiger partial charge in [-0.05, 0) is 88.4 Å². The molecule has 0 unspecified atom stereocenters. The van der Waals surface area contributed by atoms with Crippen molar-refractivity contribution in [3.8, 4) is 22.3 Å². The van der Waals surface area contributed by atoms with E-state index < -0.39 is 0 Å². The Kier molecular flexibility index (Phi) is 5.36. The van der Waals surface area contributed by atoms with E-state index in [4.69, 9.17) is 9.97 Å². The van der Waals surface area contributed by atoms with E-state index in [1.54, 1.807) is 0 Å². The van der Waals surface area contributed by atoms with Gasteiger partial charge < -0.3 is 9.97 Å². The summed E-state index contributed by atoms with van der Waals surface area (Å²) in [5.74, 6) is 0. The SMILES string of the molecule is Ic1c2nc(c(-c3ccccc3)c3ccc(cc4ccc([nH]4)c(-c4ccccc4)c4nc1C=C4)[nH]3)C=C2. The first-order valence-electron chi connectivity index (χ1n) is 12.1. The highest BCUT2D eigenvalue weighted by Gasteiger charge is 2.16. The van der Waals surface area contributed by atoms with Crippen LogP contribution in [0.1, 0.15) is 22.8 Å². The molecule has 5 heterocycles. The maximum atomic E-state index is 5.07. The number of rotatable bonds is 2. The molecule has 176 valence electrons. The molecule has 2 aliphatic rings. The number of fused-ring (bicyclic) bond motifs is 8. The molecule has 3 aromatic heterocycles. The van der Waals surface area contributed by atoms with E-state index >= 15 is 0 Å². The average molecular weight is 588 g/mol. The van der Waals surface area contributed by atoms with Crippen molar-refractivity contribution in [3.05, 3.63) is 117 Å². The minimum absolute atomic E-state index is 0.919. The van der Waals surface area contributed by atoms with Gasteiger partial charge in [0.25, 0.3) is 0 Å². The van der Waals surface area contributed by atoms with Crippen LogP contribution in [0.2, 0.25) is 0 Å². The number of H-pyrrole nitrogens is 2. The summed E-state index contributed by atoms with van der Waals surface area (Å²) in [5, 5.41) is 0. The van der Waals surface area contributed by atoms with Gasteiger partial charge in [0.05, 0.1) is 26.3 Å². The number of nitrogens with one attached hydrogen (secondary N) is 2. The molecule has 2 aromatic carbocycles. The first kappa shape index (κ1) is 22.0. The molecule has 7 rings (SSSR count). The Morgan fingerprint density at radius 1 is 0.486 bits per heavy atom. The molecule has 2 aliphatic heterocycles. The lowest BCUT2D eigenvalue weighted by Crippen LogP contribution is -1.89. The van der Waals surface area contributed by atoms with E-state index in [1.807, 2.05) is 12.1 Å². The first-order chi connectivity index (χ1) is 18.2. The fourth-order valence-electron chi connectivity index (χ4n) is 4.92. The second-order valence-electron chi connectivity index (χ2n) is 9.03. The molecule has 0 aliphatic carbocycles. The monoisotopic (exact) mass is 588 g/mol. The van der Waals surface area contributed by atoms with Gasteiger partial charge >= 0.3 is 0 Å². The molecule has 0 spiro atoms. The summed E-state index contributed by atoms with van der Waals surface area (Å²) in [7, 11) is 0. The molecule has 0 fully saturated rings. The van der Waals surface area contributed by atoms with Gasteiger partial charge in [-0.1, -0.05) is 60.7 Å². The predicted molar refractivity (Wildman–Crippen MR) is 162 cm³/mol. The molecular formula is C32H21IN4. The molecule has 5 aromatic rings. The normalized spacial score (nSPS) is 12.2. The van der Waals surface area contributed by atoms with Crippen LogP contribution in [0.4, 0.5) is 0 Å². The van der Waals surface area contributed by atoms with Crippen LogP contribution in [0.15, 0.2) is 91.0 Å². The molecule has 8 bridgehead atoms. The number of aromatic amines is 2. The maximum absolute atomic E-state index is 5.07. The number of benzene rings is 2. The van der Waals surface area contributed by atoms with Gasteiger partial charge in [0.1, 0.15) is 0 Å². The third kappa shape index (κ3) is 4.01. The van der Waals surface area contributed by atoms with Crippen molar-refractivity contribution in [1.29, 1.82) is 0 Å². The van der Waals surface area contributed by atoms with Crippen LogP contribution in [-0.4, -0.2) is 19.9 Å². The van der Waals surface area contributed by atoms with Crippen molar-refractivity contribution < 1.29 is 0 Å². The van der Waals surface area contributed by atoms with Crippen LogP contribution < -0.4 is 0 Å². The minimum Gasteiger partial charge on any atom is -0.355 e. The fraction of sp³-hybridized carbons (Fsp3) is 0. The molecule has 2 N–H and O–H groups in total. The van der Waals surface area contributed by atoms with Gasteiger partial charge in [-0.3, -0.25) is 0 Å². The van der Waals surface area contributed by atoms with Gasteiger partial charge in [0.2, 0.25) is 0 Å². The van der Waals surface area contributed by atoms with Crippen molar-refractivity contribution in [3.63, 3.8) is 0 Å². The highest BCUT2D eigenvalue weighted by molar-refractivity contribution is 14.1. The van der Waals surface area contributed by atoms with Gasteiger partial charge in [-0.25, -0.2) is 9.97 Å². The molecular weight excluding hydrogens is 567 g/mol. The number of halogens is 1. The van der Waals surface area contributed by atoms with Crippen LogP contribution in [0.3, 0.4) is 0 Å². The summed E-state index contributed by atoms with van der Waals surface area (Å²) in [6, 6.07) is 31.5. The smallest absolute Gasteiger partial charge is 0.0793 e. The molecule has 0 amide bonds. The van der Waals surface area contributed by atoms with E-state index in [-0.39, 0.29) is 0 Å². The zero-order chi connectivity index (χ0) is 24.8. The van der Waals surface area contributed by atoms with Gasteiger partial charge in [0, 0.05) is 33.2 Å². The van der Waals surface area contributed by atoms with E-state index in [9.17, 15) is 0 Å². The Balaban J connectivity index is 1.61. The zero-order valence-corrected chi connectivity index (χ0v) is 21.9. The Labute approximate surface area is 227 Å². The summed E-state index contributed by atoms with van der Waals surface area (Å²) in [4.78, 5) is 17.4. The third-order valence-corrected chi connectivity index (χ3v) is 7.74. The fourth-order valence-corrected chi connectivity index (χ4v) is 5.52. The van der Waals surface area contributed by atoms with Crippen LogP contribution in [0.25, 0.3) is 68.6 Å². The predicted octanol–water partition coefficient (Wildman–Crippen LogP) is 8.59. The highest BCUT2D eigenvalue weighted by Crippen LogP contribution is 2.33. The van der Waals surface area contributed by atoms with Crippen LogP contribution in [0, 0.1) is 3.57 Å². The standard InChI is InChI=1S/C32H21IN4/c33-32-28-17-15-26(36-28)30(20-7-3-1-4-8-20)24-13-11-22(34-24)19-23-12-14-25(35-23)31(21-9-5-2-6-10-21)27-16-18-29(32)37-27/h1-19,34-35H. The van der Waals surface area contributed by atoms with Crippen molar-refractivity contribution in [1.82, 2.24) is 19.9 Å². The number of hydrogen-bond donors (Lipinski definition) is 2. The van der Waals surface area contributed by atoms with Crippen molar-refractivity contribution in [2.75, 3.05) is 0 Å². The number of aromatic nitrogens is 4. The van der Waals surface area contributed by atoms with E-state index in [0.717, 1.165) is 70.7 Å². The second kappa shape index (κ2) is 9.01. The van der Waals surface area contributed by atoms with Crippen molar-refractivity contribution >= 4 is 69.0 Å². The summed E-state index contributed by atoms with van der Waals surface area (Å²) in [6.07, 6.45) is 8.37. The average Bonchev–Trinajstić information content (AvgIpc) is 3.74. The van der Waals surface area contributed by atoms with Gasteiger partial charge in [0.15, 0.2) is 0 Å². The minimum atomic E-state index is 0.919. The van der Waals surface area contributed by atoms with Crippen LogP contribution in [-0.2, 0) is 0 Å². The zero-order valence-electron chi connectivity index (χ0n) is 19.7. The summed E-state index contributed by atoms with van der Waals surface area (Å²) >= 11 is 2.37. The summed E-state index contributed by atoms with van der Waals surface area (Å²) < 4.78 is 1.02. The topological polar surface area (TPSA) is 57.4 Å². The molecule has 5 heteroatoms. The lowest BCUT2D eigenvalue weighted by Gasteiger charge is -2.04.